The van der Waals surface area contributed by atoms with E-state index in [-0.39, 0.29) is 46.0 Å². The summed E-state index contributed by atoms with van der Waals surface area (Å²) in [4.78, 5) is 11.3. The van der Waals surface area contributed by atoms with E-state index in [4.69, 9.17) is 37.3 Å². The maximum Gasteiger partial charge on any atom is 0.563 e. The van der Waals surface area contributed by atoms with Crippen LogP contribution in [0.4, 0.5) is 0 Å². The van der Waals surface area contributed by atoms with Crippen LogP contribution in [0, 0.1) is 0 Å². The summed E-state index contributed by atoms with van der Waals surface area (Å²) < 4.78 is 15.4. The molecule has 0 unspecified atom stereocenters. The fraction of sp³-hybridized carbons (Fsp3) is 0.300. The summed E-state index contributed by atoms with van der Waals surface area (Å²) in [5.74, 6) is -1.64. The van der Waals surface area contributed by atoms with Gasteiger partial charge >= 0.3 is 13.1 Å². The lowest BCUT2D eigenvalue weighted by atomic mass is 9.91. The highest BCUT2D eigenvalue weighted by atomic mass is 35.5. The fourth-order valence-electron chi connectivity index (χ4n) is 1.67. The van der Waals surface area contributed by atoms with E-state index in [2.05, 4.69) is 0 Å². The third-order valence-electron chi connectivity index (χ3n) is 2.38. The minimum Gasteiger partial charge on any atom is -0.531 e. The van der Waals surface area contributed by atoms with Gasteiger partial charge in [0.05, 0.1) is 6.61 Å². The van der Waals surface area contributed by atoms with Gasteiger partial charge in [-0.15, -0.1) is 0 Å². The Balaban J connectivity index is 2.72. The van der Waals surface area contributed by atoms with E-state index in [9.17, 15) is 14.9 Å². The quantitative estimate of drug-likeness (QED) is 0.829. The van der Waals surface area contributed by atoms with Crippen molar-refractivity contribution in [2.45, 2.75) is 6.92 Å². The van der Waals surface area contributed by atoms with Crippen LogP contribution in [0.25, 0.3) is 0 Å². The predicted octanol–water partition coefficient (Wildman–Crippen LogP) is 1.88. The van der Waals surface area contributed by atoms with Gasteiger partial charge in [-0.1, -0.05) is 23.2 Å². The molecular formula is C10H9BCl2O6. The third-order valence-corrected chi connectivity index (χ3v) is 3.20. The van der Waals surface area contributed by atoms with Crippen molar-refractivity contribution in [3.05, 3.63) is 15.6 Å². The van der Waals surface area contributed by atoms with Crippen LogP contribution < -0.4 is 14.1 Å². The Morgan fingerprint density at radius 3 is 2.68 bits per heavy atom. The zero-order valence-corrected chi connectivity index (χ0v) is 11.3. The summed E-state index contributed by atoms with van der Waals surface area (Å²) in [5.41, 5.74) is -0.329. The first-order valence-corrected chi connectivity index (χ1v) is 6.11. The van der Waals surface area contributed by atoms with Crippen molar-refractivity contribution in [2.24, 2.45) is 0 Å². The van der Waals surface area contributed by atoms with Crippen molar-refractivity contribution in [1.82, 2.24) is 0 Å². The molecule has 0 amide bonds. The van der Waals surface area contributed by atoms with Gasteiger partial charge in [-0.05, 0) is 6.92 Å². The molecule has 0 saturated heterocycles. The highest BCUT2D eigenvalue weighted by Crippen LogP contribution is 2.50. The molecule has 0 radical (unpaired) electrons. The Kier molecular flexibility index (Phi) is 3.98. The molecule has 2 N–H and O–H groups in total. The van der Waals surface area contributed by atoms with Crippen LogP contribution in [0.3, 0.4) is 0 Å². The first-order chi connectivity index (χ1) is 8.97. The molecule has 6 nitrogen and oxygen atoms in total. The van der Waals surface area contributed by atoms with Crippen molar-refractivity contribution in [3.63, 3.8) is 0 Å². The molecule has 1 aromatic carbocycles. The van der Waals surface area contributed by atoms with Crippen LogP contribution in [0.5, 0.6) is 17.2 Å². The number of hydrogen-bond donors (Lipinski definition) is 2. The molecule has 0 fully saturated rings. The van der Waals surface area contributed by atoms with Gasteiger partial charge in [0.2, 0.25) is 0 Å². The molecule has 1 heterocycles. The van der Waals surface area contributed by atoms with Crippen molar-refractivity contribution >= 4 is 36.3 Å². The Morgan fingerprint density at radius 2 is 2.11 bits per heavy atom. The molecule has 2 rings (SSSR count). The monoisotopic (exact) mass is 306 g/mol. The zero-order chi connectivity index (χ0) is 14.2. The van der Waals surface area contributed by atoms with Crippen molar-refractivity contribution in [1.29, 1.82) is 0 Å². The van der Waals surface area contributed by atoms with Crippen LogP contribution in [-0.2, 0) is 0 Å². The molecule has 0 atom stereocenters. The Bertz CT molecular complexity index is 535. The summed E-state index contributed by atoms with van der Waals surface area (Å²) in [6, 6.07) is 0. The lowest BCUT2D eigenvalue weighted by Crippen LogP contribution is -2.35. The fourth-order valence-corrected chi connectivity index (χ4v) is 2.13. The molecule has 0 spiro atoms. The predicted molar refractivity (Wildman–Crippen MR) is 68.7 cm³/mol. The van der Waals surface area contributed by atoms with E-state index in [1.54, 1.807) is 6.92 Å². The van der Waals surface area contributed by atoms with Gasteiger partial charge in [0, 0.05) is 0 Å². The molecule has 1 aliphatic rings. The van der Waals surface area contributed by atoms with Crippen LogP contribution >= 0.6 is 23.2 Å². The first kappa shape index (κ1) is 14.1. The molecule has 9 heteroatoms. The van der Waals surface area contributed by atoms with Gasteiger partial charge in [-0.2, -0.15) is 0 Å². The number of rotatable bonds is 3. The number of carboxylic acids is 1. The van der Waals surface area contributed by atoms with Gasteiger partial charge in [-0.3, -0.25) is 0 Å². The maximum atomic E-state index is 11.3. The second kappa shape index (κ2) is 5.36. The van der Waals surface area contributed by atoms with Crippen molar-refractivity contribution in [2.75, 3.05) is 13.1 Å². The number of aromatic carboxylic acids is 1. The van der Waals surface area contributed by atoms with Gasteiger partial charge in [0.15, 0.2) is 17.2 Å². The number of carbonyl (C=O) groups is 1. The first-order valence-electron chi connectivity index (χ1n) is 5.35. The Hall–Kier alpha value is -1.31. The lowest BCUT2D eigenvalue weighted by Gasteiger charge is -2.25. The number of fused-ring (bicyclic) bond motifs is 1. The zero-order valence-electron chi connectivity index (χ0n) is 9.77. The minimum atomic E-state index is -1.32. The molecule has 0 saturated carbocycles. The van der Waals surface area contributed by atoms with E-state index < -0.39 is 13.1 Å². The van der Waals surface area contributed by atoms with Gasteiger partial charge in [-0.25, -0.2) is 4.79 Å². The van der Waals surface area contributed by atoms with Gasteiger partial charge in [0.1, 0.15) is 22.1 Å². The molecule has 0 bridgehead atoms. The second-order valence-corrected chi connectivity index (χ2v) is 4.37. The van der Waals surface area contributed by atoms with E-state index in [1.807, 2.05) is 0 Å². The maximum absolute atomic E-state index is 11.3. The Morgan fingerprint density at radius 1 is 1.42 bits per heavy atom. The number of benzene rings is 1. The SMILES string of the molecule is CCOc1c(Cl)c(Cl)c2c(c1C(=O)O)OB(O)CO2. The lowest BCUT2D eigenvalue weighted by molar-refractivity contribution is 0.0688. The van der Waals surface area contributed by atoms with E-state index >= 15 is 0 Å². The normalized spacial score (nSPS) is 13.4. The van der Waals surface area contributed by atoms with Crippen LogP contribution in [0.15, 0.2) is 0 Å². The standard InChI is InChI=1S/C10H9BCl2O6/c1-2-17-7-4(10(14)15)8-9(6(13)5(7)12)18-3-11(16)19-8/h16H,2-3H2,1H3,(H,14,15). The smallest absolute Gasteiger partial charge is 0.531 e. The molecular weight excluding hydrogens is 298 g/mol. The number of carboxylic acid groups (broad SMARTS) is 1. The molecule has 0 aliphatic carbocycles. The van der Waals surface area contributed by atoms with Crippen LogP contribution in [-0.4, -0.2) is 36.3 Å². The summed E-state index contributed by atoms with van der Waals surface area (Å²) in [5, 5.41) is 18.6. The number of ether oxygens (including phenoxy) is 2. The topological polar surface area (TPSA) is 85.2 Å². The molecule has 102 valence electrons. The van der Waals surface area contributed by atoms with E-state index in [1.165, 1.54) is 0 Å². The van der Waals surface area contributed by atoms with Crippen molar-refractivity contribution < 1.29 is 29.1 Å². The van der Waals surface area contributed by atoms with E-state index in [0.717, 1.165) is 0 Å². The average molecular weight is 307 g/mol. The largest absolute Gasteiger partial charge is 0.563 e. The average Bonchev–Trinajstić information content (AvgIpc) is 2.35. The number of halogens is 2. The minimum absolute atomic E-state index is 0.0159. The molecule has 19 heavy (non-hydrogen) atoms. The molecule has 1 aliphatic heterocycles. The molecule has 1 aromatic rings. The summed E-state index contributed by atoms with van der Waals surface area (Å²) >= 11 is 12.0. The van der Waals surface area contributed by atoms with E-state index in [0.29, 0.717) is 0 Å². The highest BCUT2D eigenvalue weighted by Gasteiger charge is 2.36. The van der Waals surface area contributed by atoms with Crippen LogP contribution in [0.2, 0.25) is 10.0 Å². The summed E-state index contributed by atoms with van der Waals surface area (Å²) in [6.07, 6.45) is 0. The van der Waals surface area contributed by atoms with Gasteiger partial charge in [0.25, 0.3) is 0 Å². The summed E-state index contributed by atoms with van der Waals surface area (Å²) in [6.45, 7) is 1.69. The highest BCUT2D eigenvalue weighted by molar-refractivity contribution is 6.46. The van der Waals surface area contributed by atoms with Crippen LogP contribution in [0.1, 0.15) is 17.3 Å². The Labute approximate surface area is 118 Å². The third kappa shape index (κ3) is 2.41. The van der Waals surface area contributed by atoms with Gasteiger partial charge < -0.3 is 24.3 Å². The molecule has 0 aromatic heterocycles. The second-order valence-electron chi connectivity index (χ2n) is 3.61. The van der Waals surface area contributed by atoms with Crippen molar-refractivity contribution in [3.8, 4) is 17.2 Å². The summed E-state index contributed by atoms with van der Waals surface area (Å²) in [7, 11) is -1.28. The number of hydrogen-bond acceptors (Lipinski definition) is 5.